The molecule has 1 aliphatic heterocycles. The number of carbonyl (C=O) groups excluding carboxylic acids is 1. The molecule has 1 aromatic carbocycles. The third-order valence-corrected chi connectivity index (χ3v) is 5.78. The molecule has 1 aromatic heterocycles. The number of nitrogens with zero attached hydrogens (tertiary/aromatic N) is 3. The number of hydrogen-bond donors (Lipinski definition) is 3. The van der Waals surface area contributed by atoms with E-state index in [0.29, 0.717) is 12.4 Å². The summed E-state index contributed by atoms with van der Waals surface area (Å²) >= 11 is 0. The second-order valence-corrected chi connectivity index (χ2v) is 8.36. The third-order valence-electron chi connectivity index (χ3n) is 5.78. The minimum Gasteiger partial charge on any atom is -0.444 e. The van der Waals surface area contributed by atoms with E-state index in [2.05, 4.69) is 39.4 Å². The molecular formula is C24H36N6O2. The number of aryl methyl sites for hydroxylation is 1. The Kier molecular flexibility index (Phi) is 9.10. The van der Waals surface area contributed by atoms with Gasteiger partial charge in [-0.3, -0.25) is 4.79 Å². The highest BCUT2D eigenvalue weighted by Gasteiger charge is 2.22. The highest BCUT2D eigenvalue weighted by molar-refractivity contribution is 5.79. The van der Waals surface area contributed by atoms with Gasteiger partial charge in [-0.05, 0) is 71.3 Å². The molecule has 0 spiro atoms. The van der Waals surface area contributed by atoms with Crippen molar-refractivity contribution in [2.24, 2.45) is 16.6 Å². The maximum atomic E-state index is 11.3. The van der Waals surface area contributed by atoms with Crippen LogP contribution < -0.4 is 16.4 Å². The van der Waals surface area contributed by atoms with Crippen LogP contribution in [0.1, 0.15) is 43.9 Å². The molecule has 174 valence electrons. The highest BCUT2D eigenvalue weighted by atomic mass is 16.3. The highest BCUT2D eigenvalue weighted by Crippen LogP contribution is 2.19. The van der Waals surface area contributed by atoms with Crippen molar-refractivity contribution in [1.82, 2.24) is 20.5 Å². The number of aliphatic imine (C=N–C) groups is 1. The molecule has 0 bridgehead atoms. The summed E-state index contributed by atoms with van der Waals surface area (Å²) in [5.41, 5.74) is 8.39. The van der Waals surface area contributed by atoms with Crippen molar-refractivity contribution >= 4 is 11.9 Å². The summed E-state index contributed by atoms with van der Waals surface area (Å²) < 4.78 is 5.62. The minimum atomic E-state index is -0.152. The quantitative estimate of drug-likeness (QED) is 0.298. The number of piperidine rings is 1. The Morgan fingerprint density at radius 3 is 2.66 bits per heavy atom. The summed E-state index contributed by atoms with van der Waals surface area (Å²) in [5.74, 6) is 1.31. The largest absolute Gasteiger partial charge is 0.444 e. The average Bonchev–Trinajstić information content (AvgIpc) is 3.27. The second kappa shape index (κ2) is 12.2. The number of likely N-dealkylation sites (tertiary alicyclic amines) is 1. The topological polar surface area (TPSA) is 109 Å². The zero-order chi connectivity index (χ0) is 22.8. The molecule has 1 amide bonds. The van der Waals surface area contributed by atoms with Crippen LogP contribution in [-0.2, 0) is 11.3 Å². The van der Waals surface area contributed by atoms with E-state index in [-0.39, 0.29) is 11.8 Å². The number of rotatable bonds is 10. The van der Waals surface area contributed by atoms with E-state index in [1.807, 2.05) is 24.3 Å². The Hall–Kier alpha value is -2.87. The number of aromatic nitrogens is 1. The molecule has 4 N–H and O–H groups in total. The summed E-state index contributed by atoms with van der Waals surface area (Å²) in [6.45, 7) is 9.22. The van der Waals surface area contributed by atoms with Gasteiger partial charge in [0.25, 0.3) is 0 Å². The van der Waals surface area contributed by atoms with E-state index in [1.54, 1.807) is 6.26 Å². The Bertz CT molecular complexity index is 869. The first kappa shape index (κ1) is 23.8. The van der Waals surface area contributed by atoms with Crippen LogP contribution in [0.3, 0.4) is 0 Å². The van der Waals surface area contributed by atoms with E-state index in [0.717, 1.165) is 75.6 Å². The standard InChI is InChI=1S/C24H36N6O2/c1-3-26-24(27-12-4-5-13-30-14-10-19(11-15-30)22(25)31)28-16-21-17-32-23(29-21)20-8-6-18(2)7-9-20/h6-9,17,19H,3-5,10-16H2,1-2H3,(H2,25,31)(H2,26,27,28). The predicted molar refractivity (Wildman–Crippen MR) is 127 cm³/mol. The first-order valence-electron chi connectivity index (χ1n) is 11.6. The van der Waals surface area contributed by atoms with E-state index < -0.39 is 0 Å². The van der Waals surface area contributed by atoms with Crippen LogP contribution in [-0.4, -0.2) is 54.5 Å². The lowest BCUT2D eigenvalue weighted by molar-refractivity contribution is -0.123. The lowest BCUT2D eigenvalue weighted by Crippen LogP contribution is -2.39. The normalized spacial score (nSPS) is 15.6. The molecule has 0 saturated carbocycles. The predicted octanol–water partition coefficient (Wildman–Crippen LogP) is 2.68. The number of benzene rings is 1. The number of unbranched alkanes of at least 4 members (excludes halogenated alkanes) is 1. The molecule has 2 heterocycles. The summed E-state index contributed by atoms with van der Waals surface area (Å²) in [6, 6.07) is 8.13. The van der Waals surface area contributed by atoms with Crippen LogP contribution in [0.4, 0.5) is 0 Å². The molecule has 2 aromatic rings. The molecule has 0 radical (unpaired) electrons. The number of nitrogens with one attached hydrogen (secondary N) is 2. The average molecular weight is 441 g/mol. The second-order valence-electron chi connectivity index (χ2n) is 8.36. The number of nitrogens with two attached hydrogens (primary N) is 1. The van der Waals surface area contributed by atoms with E-state index in [4.69, 9.17) is 10.2 Å². The monoisotopic (exact) mass is 440 g/mol. The van der Waals surface area contributed by atoms with Gasteiger partial charge < -0.3 is 25.7 Å². The van der Waals surface area contributed by atoms with Gasteiger partial charge in [-0.15, -0.1) is 0 Å². The zero-order valence-corrected chi connectivity index (χ0v) is 19.3. The SMILES string of the molecule is CCNC(=NCc1coc(-c2ccc(C)cc2)n1)NCCCCN1CCC(C(N)=O)CC1. The smallest absolute Gasteiger partial charge is 0.226 e. The van der Waals surface area contributed by atoms with Gasteiger partial charge >= 0.3 is 0 Å². The maximum Gasteiger partial charge on any atom is 0.226 e. The maximum absolute atomic E-state index is 11.3. The van der Waals surface area contributed by atoms with Gasteiger partial charge in [-0.25, -0.2) is 9.98 Å². The molecule has 0 unspecified atom stereocenters. The van der Waals surface area contributed by atoms with Crippen molar-refractivity contribution in [3.05, 3.63) is 41.8 Å². The number of primary amides is 1. The van der Waals surface area contributed by atoms with Crippen molar-refractivity contribution < 1.29 is 9.21 Å². The van der Waals surface area contributed by atoms with E-state index >= 15 is 0 Å². The zero-order valence-electron chi connectivity index (χ0n) is 19.3. The molecule has 3 rings (SSSR count). The summed E-state index contributed by atoms with van der Waals surface area (Å²) in [4.78, 5) is 22.9. The molecule has 32 heavy (non-hydrogen) atoms. The van der Waals surface area contributed by atoms with Crippen molar-refractivity contribution in [2.45, 2.75) is 46.1 Å². The van der Waals surface area contributed by atoms with Gasteiger partial charge in [0.2, 0.25) is 11.8 Å². The molecule has 8 heteroatoms. The number of oxazole rings is 1. The Morgan fingerprint density at radius 1 is 1.22 bits per heavy atom. The summed E-state index contributed by atoms with van der Waals surface area (Å²) in [5, 5.41) is 6.68. The van der Waals surface area contributed by atoms with Crippen LogP contribution in [0.2, 0.25) is 0 Å². The van der Waals surface area contributed by atoms with Gasteiger partial charge in [0.1, 0.15) is 12.0 Å². The third kappa shape index (κ3) is 7.37. The van der Waals surface area contributed by atoms with Gasteiger partial charge in [0.15, 0.2) is 5.96 Å². The van der Waals surface area contributed by atoms with Crippen LogP contribution >= 0.6 is 0 Å². The molecule has 0 aliphatic carbocycles. The fourth-order valence-corrected chi connectivity index (χ4v) is 3.82. The summed E-state index contributed by atoms with van der Waals surface area (Å²) in [6.07, 6.45) is 5.61. The molecule has 1 aliphatic rings. The molecule has 0 atom stereocenters. The Morgan fingerprint density at radius 2 is 1.97 bits per heavy atom. The molecule has 1 saturated heterocycles. The number of guanidine groups is 1. The molecule has 8 nitrogen and oxygen atoms in total. The lowest BCUT2D eigenvalue weighted by Gasteiger charge is -2.30. The van der Waals surface area contributed by atoms with Gasteiger partial charge in [-0.2, -0.15) is 0 Å². The Balaban J connectivity index is 1.39. The van der Waals surface area contributed by atoms with Crippen LogP contribution in [0, 0.1) is 12.8 Å². The van der Waals surface area contributed by atoms with Crippen molar-refractivity contribution in [3.8, 4) is 11.5 Å². The number of carbonyl (C=O) groups is 1. The molecular weight excluding hydrogens is 404 g/mol. The van der Waals surface area contributed by atoms with Crippen molar-refractivity contribution in [2.75, 3.05) is 32.7 Å². The molecule has 1 fully saturated rings. The van der Waals surface area contributed by atoms with Crippen molar-refractivity contribution in [3.63, 3.8) is 0 Å². The van der Waals surface area contributed by atoms with Gasteiger partial charge in [0.05, 0.1) is 6.54 Å². The van der Waals surface area contributed by atoms with E-state index in [9.17, 15) is 4.79 Å². The first-order chi connectivity index (χ1) is 15.5. The minimum absolute atomic E-state index is 0.0597. The Labute approximate surface area is 190 Å². The van der Waals surface area contributed by atoms with Crippen LogP contribution in [0.5, 0.6) is 0 Å². The number of amides is 1. The van der Waals surface area contributed by atoms with Crippen molar-refractivity contribution in [1.29, 1.82) is 0 Å². The first-order valence-corrected chi connectivity index (χ1v) is 11.6. The lowest BCUT2D eigenvalue weighted by atomic mass is 9.96. The number of hydrogen-bond acceptors (Lipinski definition) is 5. The fourth-order valence-electron chi connectivity index (χ4n) is 3.82. The van der Waals surface area contributed by atoms with Gasteiger partial charge in [-0.1, -0.05) is 17.7 Å². The summed E-state index contributed by atoms with van der Waals surface area (Å²) in [7, 11) is 0. The van der Waals surface area contributed by atoms with Crippen LogP contribution in [0.25, 0.3) is 11.5 Å². The fraction of sp³-hybridized carbons (Fsp3) is 0.542. The van der Waals surface area contributed by atoms with Crippen LogP contribution in [0.15, 0.2) is 39.9 Å². The van der Waals surface area contributed by atoms with Gasteiger partial charge in [0, 0.05) is 24.6 Å². The van der Waals surface area contributed by atoms with E-state index in [1.165, 1.54) is 5.56 Å².